The van der Waals surface area contributed by atoms with E-state index < -0.39 is 0 Å². The summed E-state index contributed by atoms with van der Waals surface area (Å²) >= 11 is 0. The molecule has 0 radical (unpaired) electrons. The van der Waals surface area contributed by atoms with Crippen LogP contribution in [0.15, 0.2) is 24.4 Å². The number of aryl methyl sites for hydroxylation is 2. The van der Waals surface area contributed by atoms with Gasteiger partial charge < -0.3 is 10.6 Å². The first-order valence-corrected chi connectivity index (χ1v) is 7.51. The largest absolute Gasteiger partial charge is 0.366 e. The maximum atomic E-state index is 4.49. The molecule has 0 amide bonds. The molecule has 1 saturated carbocycles. The first-order chi connectivity index (χ1) is 10.2. The number of hydrogen-bond donors (Lipinski definition) is 2. The van der Waals surface area contributed by atoms with E-state index in [1.54, 1.807) is 6.20 Å². The Bertz CT molecular complexity index is 620. The van der Waals surface area contributed by atoms with Gasteiger partial charge in [-0.2, -0.15) is 10.1 Å². The molecule has 1 aromatic heterocycles. The van der Waals surface area contributed by atoms with Crippen molar-refractivity contribution in [3.63, 3.8) is 0 Å². The predicted octanol–water partition coefficient (Wildman–Crippen LogP) is 3.59. The van der Waals surface area contributed by atoms with Crippen molar-refractivity contribution in [2.24, 2.45) is 0 Å². The molecule has 5 nitrogen and oxygen atoms in total. The van der Waals surface area contributed by atoms with Gasteiger partial charge in [-0.25, -0.2) is 0 Å². The van der Waals surface area contributed by atoms with Crippen LogP contribution in [-0.2, 0) is 0 Å². The van der Waals surface area contributed by atoms with Crippen molar-refractivity contribution in [1.82, 2.24) is 15.2 Å². The standard InChI is InChI=1S/C16H21N5/c1-11-7-8-14(9-12(11)2)19-16-20-15(10-17-21-16)18-13-5-3-4-6-13/h7-10,13H,3-6H2,1-2H3,(H2,18,19,20,21). The van der Waals surface area contributed by atoms with Crippen molar-refractivity contribution in [3.8, 4) is 0 Å². The Morgan fingerprint density at radius 1 is 1.10 bits per heavy atom. The topological polar surface area (TPSA) is 62.7 Å². The van der Waals surface area contributed by atoms with Crippen LogP contribution in [0.25, 0.3) is 0 Å². The fraction of sp³-hybridized carbons (Fsp3) is 0.438. The third-order valence-electron chi connectivity index (χ3n) is 4.03. The third kappa shape index (κ3) is 3.48. The van der Waals surface area contributed by atoms with Crippen molar-refractivity contribution in [3.05, 3.63) is 35.5 Å². The summed E-state index contributed by atoms with van der Waals surface area (Å²) in [4.78, 5) is 4.49. The van der Waals surface area contributed by atoms with Crippen molar-refractivity contribution >= 4 is 17.5 Å². The molecule has 0 spiro atoms. The highest BCUT2D eigenvalue weighted by molar-refractivity contribution is 5.56. The Labute approximate surface area is 125 Å². The Hall–Kier alpha value is -2.17. The summed E-state index contributed by atoms with van der Waals surface area (Å²) < 4.78 is 0. The first-order valence-electron chi connectivity index (χ1n) is 7.51. The fourth-order valence-corrected chi connectivity index (χ4v) is 2.65. The zero-order valence-corrected chi connectivity index (χ0v) is 12.6. The molecule has 0 bridgehead atoms. The van der Waals surface area contributed by atoms with Gasteiger partial charge in [-0.15, -0.1) is 5.10 Å². The minimum absolute atomic E-state index is 0.524. The van der Waals surface area contributed by atoms with Crippen LogP contribution in [0.5, 0.6) is 0 Å². The number of nitrogens with one attached hydrogen (secondary N) is 2. The Balaban J connectivity index is 1.71. The molecule has 3 rings (SSSR count). The van der Waals surface area contributed by atoms with Crippen LogP contribution in [0.4, 0.5) is 17.5 Å². The Morgan fingerprint density at radius 3 is 2.67 bits per heavy atom. The molecule has 2 N–H and O–H groups in total. The highest BCUT2D eigenvalue weighted by Crippen LogP contribution is 2.22. The molecule has 0 unspecified atom stereocenters. The van der Waals surface area contributed by atoms with E-state index >= 15 is 0 Å². The van der Waals surface area contributed by atoms with Crippen LogP contribution in [0.2, 0.25) is 0 Å². The van der Waals surface area contributed by atoms with E-state index in [4.69, 9.17) is 0 Å². The van der Waals surface area contributed by atoms with E-state index in [1.807, 2.05) is 6.07 Å². The number of nitrogens with zero attached hydrogens (tertiary/aromatic N) is 3. The molecule has 1 fully saturated rings. The van der Waals surface area contributed by atoms with E-state index in [0.717, 1.165) is 11.5 Å². The smallest absolute Gasteiger partial charge is 0.249 e. The molecule has 0 aliphatic heterocycles. The van der Waals surface area contributed by atoms with Crippen molar-refractivity contribution < 1.29 is 0 Å². The van der Waals surface area contributed by atoms with Gasteiger partial charge in [-0.1, -0.05) is 18.9 Å². The average Bonchev–Trinajstić information content (AvgIpc) is 2.96. The van der Waals surface area contributed by atoms with Gasteiger partial charge in [0.25, 0.3) is 0 Å². The van der Waals surface area contributed by atoms with Crippen LogP contribution >= 0.6 is 0 Å². The van der Waals surface area contributed by atoms with E-state index in [2.05, 4.69) is 51.8 Å². The van der Waals surface area contributed by atoms with Gasteiger partial charge in [0.05, 0.1) is 6.20 Å². The summed E-state index contributed by atoms with van der Waals surface area (Å²) in [5.74, 6) is 1.32. The third-order valence-corrected chi connectivity index (χ3v) is 4.03. The number of hydrogen-bond acceptors (Lipinski definition) is 5. The lowest BCUT2D eigenvalue weighted by Crippen LogP contribution is -2.16. The fourth-order valence-electron chi connectivity index (χ4n) is 2.65. The monoisotopic (exact) mass is 283 g/mol. The van der Waals surface area contributed by atoms with Gasteiger partial charge in [0.15, 0.2) is 5.82 Å². The summed E-state index contributed by atoms with van der Waals surface area (Å²) in [5.41, 5.74) is 3.50. The second-order valence-electron chi connectivity index (χ2n) is 5.71. The zero-order valence-electron chi connectivity index (χ0n) is 12.6. The van der Waals surface area contributed by atoms with Crippen molar-refractivity contribution in [2.75, 3.05) is 10.6 Å². The van der Waals surface area contributed by atoms with Gasteiger partial charge in [0.2, 0.25) is 5.95 Å². The number of anilines is 3. The molecule has 2 aromatic rings. The number of rotatable bonds is 4. The van der Waals surface area contributed by atoms with Crippen LogP contribution in [0, 0.1) is 13.8 Å². The molecule has 0 atom stereocenters. The van der Waals surface area contributed by atoms with Crippen molar-refractivity contribution in [1.29, 1.82) is 0 Å². The molecular weight excluding hydrogens is 262 g/mol. The van der Waals surface area contributed by atoms with Gasteiger partial charge in [-0.3, -0.25) is 0 Å². The summed E-state index contributed by atoms with van der Waals surface area (Å²) in [6.45, 7) is 4.20. The lowest BCUT2D eigenvalue weighted by molar-refractivity contribution is 0.747. The summed E-state index contributed by atoms with van der Waals surface area (Å²) in [5, 5.41) is 14.7. The molecule has 1 aliphatic rings. The van der Waals surface area contributed by atoms with Gasteiger partial charge in [0.1, 0.15) is 0 Å². The minimum Gasteiger partial charge on any atom is -0.366 e. The maximum absolute atomic E-state index is 4.49. The molecule has 0 saturated heterocycles. The van der Waals surface area contributed by atoms with Crippen LogP contribution < -0.4 is 10.6 Å². The van der Waals surface area contributed by atoms with Gasteiger partial charge in [-0.05, 0) is 49.9 Å². The normalized spacial score (nSPS) is 15.1. The molecule has 21 heavy (non-hydrogen) atoms. The van der Waals surface area contributed by atoms with E-state index in [1.165, 1.54) is 36.8 Å². The van der Waals surface area contributed by atoms with E-state index in [0.29, 0.717) is 12.0 Å². The molecular formula is C16H21N5. The SMILES string of the molecule is Cc1ccc(Nc2nncc(NC3CCCC3)n2)cc1C. The van der Waals surface area contributed by atoms with Crippen LogP contribution in [0.1, 0.15) is 36.8 Å². The molecule has 110 valence electrons. The summed E-state index contributed by atoms with van der Waals surface area (Å²) in [6.07, 6.45) is 6.70. The quantitative estimate of drug-likeness (QED) is 0.898. The lowest BCUT2D eigenvalue weighted by atomic mass is 10.1. The first kappa shape index (κ1) is 13.8. The van der Waals surface area contributed by atoms with Gasteiger partial charge >= 0.3 is 0 Å². The number of aromatic nitrogens is 3. The van der Waals surface area contributed by atoms with Crippen LogP contribution in [-0.4, -0.2) is 21.2 Å². The predicted molar refractivity (Wildman–Crippen MR) is 84.9 cm³/mol. The Morgan fingerprint density at radius 2 is 1.90 bits per heavy atom. The van der Waals surface area contributed by atoms with E-state index in [-0.39, 0.29) is 0 Å². The van der Waals surface area contributed by atoms with Crippen LogP contribution in [0.3, 0.4) is 0 Å². The number of benzene rings is 1. The highest BCUT2D eigenvalue weighted by atomic mass is 15.3. The molecule has 1 heterocycles. The molecule has 5 heteroatoms. The summed E-state index contributed by atoms with van der Waals surface area (Å²) in [6, 6.07) is 6.74. The van der Waals surface area contributed by atoms with Gasteiger partial charge in [0, 0.05) is 11.7 Å². The highest BCUT2D eigenvalue weighted by Gasteiger charge is 2.15. The Kier molecular flexibility index (Phi) is 3.99. The molecule has 1 aromatic carbocycles. The average molecular weight is 283 g/mol. The zero-order chi connectivity index (χ0) is 14.7. The van der Waals surface area contributed by atoms with E-state index in [9.17, 15) is 0 Å². The maximum Gasteiger partial charge on any atom is 0.249 e. The minimum atomic E-state index is 0.524. The molecule has 1 aliphatic carbocycles. The van der Waals surface area contributed by atoms with Crippen molar-refractivity contribution in [2.45, 2.75) is 45.6 Å². The second kappa shape index (κ2) is 6.08. The lowest BCUT2D eigenvalue weighted by Gasteiger charge is -2.13. The second-order valence-corrected chi connectivity index (χ2v) is 5.71. The summed E-state index contributed by atoms with van der Waals surface area (Å²) in [7, 11) is 0.